The van der Waals surface area contributed by atoms with Crippen LogP contribution < -0.4 is 5.32 Å². The van der Waals surface area contributed by atoms with Crippen molar-refractivity contribution in [2.45, 2.75) is 42.2 Å². The zero-order valence-electron chi connectivity index (χ0n) is 11.8. The summed E-state index contributed by atoms with van der Waals surface area (Å²) in [7, 11) is 0. The molecule has 1 saturated carbocycles. The number of hydrogen-bond donors (Lipinski definition) is 2. The van der Waals surface area contributed by atoms with Crippen molar-refractivity contribution in [3.05, 3.63) is 24.3 Å². The van der Waals surface area contributed by atoms with Crippen LogP contribution in [0.3, 0.4) is 0 Å². The Kier molecular flexibility index (Phi) is 3.91. The van der Waals surface area contributed by atoms with Crippen molar-refractivity contribution in [3.63, 3.8) is 0 Å². The minimum Gasteiger partial charge on any atom is -0.480 e. The van der Waals surface area contributed by atoms with Gasteiger partial charge in [0, 0.05) is 5.25 Å². The second-order valence-corrected chi connectivity index (χ2v) is 6.60. The number of rotatable bonds is 5. The van der Waals surface area contributed by atoms with Crippen molar-refractivity contribution >= 4 is 28.8 Å². The van der Waals surface area contributed by atoms with Gasteiger partial charge in [0.25, 0.3) is 5.22 Å². The Morgan fingerprint density at radius 1 is 1.57 bits per heavy atom. The second kappa shape index (κ2) is 5.69. The lowest BCUT2D eigenvalue weighted by Gasteiger charge is -2.25. The zero-order valence-corrected chi connectivity index (χ0v) is 12.7. The zero-order chi connectivity index (χ0) is 14.9. The predicted molar refractivity (Wildman–Crippen MR) is 81.5 cm³/mol. The van der Waals surface area contributed by atoms with Crippen molar-refractivity contribution in [1.82, 2.24) is 10.3 Å². The quantitative estimate of drug-likeness (QED) is 0.884. The van der Waals surface area contributed by atoms with Crippen LogP contribution in [0.25, 0.3) is 11.1 Å². The number of thioether (sulfide) groups is 1. The van der Waals surface area contributed by atoms with Crippen LogP contribution >= 0.6 is 11.8 Å². The highest BCUT2D eigenvalue weighted by Gasteiger charge is 2.45. The lowest BCUT2D eigenvalue weighted by Crippen LogP contribution is -2.50. The van der Waals surface area contributed by atoms with Crippen molar-refractivity contribution in [3.8, 4) is 0 Å². The van der Waals surface area contributed by atoms with Gasteiger partial charge in [-0.1, -0.05) is 30.8 Å². The number of fused-ring (bicyclic) bond motifs is 1. The van der Waals surface area contributed by atoms with Crippen LogP contribution in [0.15, 0.2) is 33.9 Å². The van der Waals surface area contributed by atoms with E-state index in [2.05, 4.69) is 10.3 Å². The average Bonchev–Trinajstić information content (AvgIpc) is 3.04. The van der Waals surface area contributed by atoms with Crippen LogP contribution in [-0.4, -0.2) is 33.4 Å². The number of nitrogens with one attached hydrogen (secondary N) is 1. The number of likely N-dealkylation sites (N-methyl/N-ethyl adjacent to an activating group) is 1. The number of aliphatic carboxylic acids is 1. The highest BCUT2D eigenvalue weighted by Crippen LogP contribution is 2.40. The first kappa shape index (κ1) is 14.4. The molecular weight excluding hydrogens is 288 g/mol. The molecule has 0 radical (unpaired) electrons. The van der Waals surface area contributed by atoms with Crippen LogP contribution in [-0.2, 0) is 4.79 Å². The minimum atomic E-state index is -0.793. The van der Waals surface area contributed by atoms with E-state index in [0.717, 1.165) is 17.5 Å². The molecule has 1 aliphatic carbocycles. The van der Waals surface area contributed by atoms with Gasteiger partial charge < -0.3 is 14.8 Å². The van der Waals surface area contributed by atoms with E-state index in [-0.39, 0.29) is 5.25 Å². The molecule has 3 rings (SSSR count). The third-order valence-electron chi connectivity index (χ3n) is 3.94. The maximum absolute atomic E-state index is 11.5. The van der Waals surface area contributed by atoms with Gasteiger partial charge in [-0.3, -0.25) is 4.79 Å². The first-order valence-corrected chi connectivity index (χ1v) is 8.01. The summed E-state index contributed by atoms with van der Waals surface area (Å²) in [5.41, 5.74) is 0.821. The van der Waals surface area contributed by atoms with Crippen LogP contribution in [0.5, 0.6) is 0 Å². The molecule has 1 aromatic carbocycles. The van der Waals surface area contributed by atoms with Crippen LogP contribution in [0.2, 0.25) is 0 Å². The lowest BCUT2D eigenvalue weighted by molar-refractivity contribution is -0.144. The topological polar surface area (TPSA) is 75.4 Å². The van der Waals surface area contributed by atoms with Gasteiger partial charge in [-0.05, 0) is 37.9 Å². The van der Waals surface area contributed by atoms with E-state index in [9.17, 15) is 9.90 Å². The third-order valence-corrected chi connectivity index (χ3v) is 5.05. The fourth-order valence-corrected chi connectivity index (χ4v) is 4.09. The molecule has 6 heteroatoms. The van der Waals surface area contributed by atoms with E-state index < -0.39 is 11.5 Å². The summed E-state index contributed by atoms with van der Waals surface area (Å²) in [4.78, 5) is 16.0. The number of carboxylic acids is 1. The molecule has 5 nitrogen and oxygen atoms in total. The molecule has 2 unspecified atom stereocenters. The van der Waals surface area contributed by atoms with Gasteiger partial charge in [-0.2, -0.15) is 0 Å². The number of carbonyl (C=O) groups is 1. The summed E-state index contributed by atoms with van der Waals surface area (Å²) in [5, 5.41) is 13.5. The number of hydrogen-bond acceptors (Lipinski definition) is 5. The summed E-state index contributed by atoms with van der Waals surface area (Å²) < 4.78 is 5.70. The standard InChI is InChI=1S/C15H18N2O3S/c1-2-16-15(13(18)19)8-7-10(9-15)21-14-17-11-5-3-4-6-12(11)20-14/h3-6,10,16H,2,7-9H2,1H3,(H,18,19). The number of carboxylic acid groups (broad SMARTS) is 1. The number of nitrogens with zero attached hydrogens (tertiary/aromatic N) is 1. The van der Waals surface area contributed by atoms with Crippen LogP contribution in [0, 0.1) is 0 Å². The van der Waals surface area contributed by atoms with E-state index in [0.29, 0.717) is 24.6 Å². The van der Waals surface area contributed by atoms with Crippen molar-refractivity contribution < 1.29 is 14.3 Å². The molecule has 0 spiro atoms. The van der Waals surface area contributed by atoms with E-state index in [1.807, 2.05) is 31.2 Å². The summed E-state index contributed by atoms with van der Waals surface area (Å²) in [6.07, 6.45) is 2.09. The van der Waals surface area contributed by atoms with Crippen molar-refractivity contribution in [1.29, 1.82) is 0 Å². The van der Waals surface area contributed by atoms with Gasteiger partial charge in [0.1, 0.15) is 11.1 Å². The first-order chi connectivity index (χ1) is 10.1. The molecule has 21 heavy (non-hydrogen) atoms. The van der Waals surface area contributed by atoms with Crippen molar-refractivity contribution in [2.75, 3.05) is 6.54 Å². The highest BCUT2D eigenvalue weighted by atomic mass is 32.2. The molecule has 0 saturated heterocycles. The smallest absolute Gasteiger partial charge is 0.323 e. The van der Waals surface area contributed by atoms with Gasteiger partial charge in [-0.15, -0.1) is 0 Å². The average molecular weight is 306 g/mol. The van der Waals surface area contributed by atoms with E-state index in [4.69, 9.17) is 4.42 Å². The monoisotopic (exact) mass is 306 g/mol. The third kappa shape index (κ3) is 2.78. The molecule has 112 valence electrons. The maximum atomic E-state index is 11.5. The van der Waals surface area contributed by atoms with E-state index >= 15 is 0 Å². The molecule has 0 aliphatic heterocycles. The van der Waals surface area contributed by atoms with Crippen LogP contribution in [0.4, 0.5) is 0 Å². The summed E-state index contributed by atoms with van der Waals surface area (Å²) >= 11 is 1.54. The second-order valence-electron chi connectivity index (χ2n) is 5.35. The summed E-state index contributed by atoms with van der Waals surface area (Å²) in [5.74, 6) is -0.759. The lowest BCUT2D eigenvalue weighted by atomic mass is 9.98. The summed E-state index contributed by atoms with van der Waals surface area (Å²) in [6, 6.07) is 7.65. The largest absolute Gasteiger partial charge is 0.480 e. The fourth-order valence-electron chi connectivity index (χ4n) is 2.91. The predicted octanol–water partition coefficient (Wildman–Crippen LogP) is 2.91. The number of aromatic nitrogens is 1. The Bertz CT molecular complexity index is 624. The van der Waals surface area contributed by atoms with Gasteiger partial charge in [0.2, 0.25) is 0 Å². The van der Waals surface area contributed by atoms with E-state index in [1.54, 1.807) is 11.8 Å². The normalized spacial score (nSPS) is 25.5. The molecule has 1 fully saturated rings. The van der Waals surface area contributed by atoms with Crippen molar-refractivity contribution in [2.24, 2.45) is 0 Å². The SMILES string of the molecule is CCNC1(C(=O)O)CCC(Sc2nc3ccccc3o2)C1. The molecule has 1 aliphatic rings. The Morgan fingerprint density at radius 2 is 2.38 bits per heavy atom. The van der Waals surface area contributed by atoms with Gasteiger partial charge in [0.05, 0.1) is 0 Å². The highest BCUT2D eigenvalue weighted by molar-refractivity contribution is 7.99. The molecule has 2 atom stereocenters. The molecule has 1 aromatic heterocycles. The Hall–Kier alpha value is -1.53. The first-order valence-electron chi connectivity index (χ1n) is 7.13. The van der Waals surface area contributed by atoms with E-state index in [1.165, 1.54) is 0 Å². The fraction of sp³-hybridized carbons (Fsp3) is 0.467. The molecule has 1 heterocycles. The maximum Gasteiger partial charge on any atom is 0.323 e. The number of oxazole rings is 1. The molecular formula is C15H18N2O3S. The minimum absolute atomic E-state index is 0.216. The van der Waals surface area contributed by atoms with Gasteiger partial charge in [-0.25, -0.2) is 4.98 Å². The Labute approximate surface area is 127 Å². The number of benzene rings is 1. The molecule has 0 amide bonds. The number of para-hydroxylation sites is 2. The molecule has 2 aromatic rings. The van der Waals surface area contributed by atoms with Gasteiger partial charge >= 0.3 is 5.97 Å². The molecule has 2 N–H and O–H groups in total. The molecule has 0 bridgehead atoms. The van der Waals surface area contributed by atoms with Gasteiger partial charge in [0.15, 0.2) is 5.58 Å². The Balaban J connectivity index is 1.73. The Morgan fingerprint density at radius 3 is 3.10 bits per heavy atom. The summed E-state index contributed by atoms with van der Waals surface area (Å²) in [6.45, 7) is 2.60. The van der Waals surface area contributed by atoms with Crippen LogP contribution in [0.1, 0.15) is 26.2 Å².